The average molecular weight is 302 g/mol. The van der Waals surface area contributed by atoms with Crippen LogP contribution < -0.4 is 0 Å². The van der Waals surface area contributed by atoms with Crippen molar-refractivity contribution in [3.05, 3.63) is 0 Å². The number of rotatable bonds is 7. The fourth-order valence-corrected chi connectivity index (χ4v) is 1.94. The van der Waals surface area contributed by atoms with Gasteiger partial charge in [-0.15, -0.1) is 0 Å². The molecule has 0 aromatic heterocycles. The van der Waals surface area contributed by atoms with E-state index in [1.807, 2.05) is 0 Å². The Bertz CT molecular complexity index is 126. The van der Waals surface area contributed by atoms with Gasteiger partial charge in [-0.1, -0.05) is 42.9 Å². The van der Waals surface area contributed by atoms with E-state index in [-0.39, 0.29) is 3.92 Å². The van der Waals surface area contributed by atoms with Crippen LogP contribution in [0.15, 0.2) is 0 Å². The van der Waals surface area contributed by atoms with Gasteiger partial charge < -0.3 is 4.74 Å². The van der Waals surface area contributed by atoms with Crippen molar-refractivity contribution in [2.75, 3.05) is 7.11 Å². The fourth-order valence-electron chi connectivity index (χ4n) is 1.26. The molecular weight excluding hydrogens is 283 g/mol. The molecule has 0 spiro atoms. The maximum Gasteiger partial charge on any atom is 0.212 e. The Balaban J connectivity index is 4.29. The molecular formula is C9H19IO3. The van der Waals surface area contributed by atoms with Crippen LogP contribution in [0.4, 0.5) is 0 Å². The summed E-state index contributed by atoms with van der Waals surface area (Å²) in [6.45, 7) is 4.15. The first-order valence-corrected chi connectivity index (χ1v) is 5.93. The van der Waals surface area contributed by atoms with Crippen LogP contribution in [0.1, 0.15) is 39.5 Å². The summed E-state index contributed by atoms with van der Waals surface area (Å²) in [6, 6.07) is 0. The predicted molar refractivity (Wildman–Crippen MR) is 61.1 cm³/mol. The topological polar surface area (TPSA) is 38.7 Å². The molecule has 80 valence electrons. The van der Waals surface area contributed by atoms with E-state index in [0.29, 0.717) is 0 Å². The van der Waals surface area contributed by atoms with Crippen molar-refractivity contribution in [2.45, 2.75) is 49.2 Å². The van der Waals surface area contributed by atoms with Crippen LogP contribution >= 0.6 is 22.6 Å². The van der Waals surface area contributed by atoms with Crippen molar-refractivity contribution in [1.29, 1.82) is 0 Å². The number of unbranched alkanes of at least 4 members (excludes halogenated alkanes) is 1. The summed E-state index contributed by atoms with van der Waals surface area (Å²) in [4.78, 5) is 4.51. The molecule has 0 aromatic rings. The third-order valence-electron chi connectivity index (χ3n) is 2.21. The van der Waals surface area contributed by atoms with Crippen LogP contribution in [0.5, 0.6) is 0 Å². The minimum Gasteiger partial charge on any atom is -0.350 e. The highest BCUT2D eigenvalue weighted by atomic mass is 127. The average Bonchev–Trinajstić information content (AvgIpc) is 2.19. The molecule has 0 aromatic carbocycles. The van der Waals surface area contributed by atoms with Crippen LogP contribution in [0.3, 0.4) is 0 Å². The predicted octanol–water partition coefficient (Wildman–Crippen LogP) is 3.22. The zero-order chi connectivity index (χ0) is 10.3. The summed E-state index contributed by atoms with van der Waals surface area (Å²) in [7, 11) is 1.58. The number of ether oxygens (including phenoxy) is 1. The number of halogens is 1. The SMILES string of the molecule is CCCCC(OC)(OO)C(I)CC. The Morgan fingerprint density at radius 2 is 2.08 bits per heavy atom. The summed E-state index contributed by atoms with van der Waals surface area (Å²) in [5, 5.41) is 8.87. The first-order chi connectivity index (χ1) is 6.16. The summed E-state index contributed by atoms with van der Waals surface area (Å²) in [6.07, 6.45) is 3.71. The van der Waals surface area contributed by atoms with Crippen molar-refractivity contribution in [3.8, 4) is 0 Å². The van der Waals surface area contributed by atoms with E-state index < -0.39 is 5.79 Å². The molecule has 13 heavy (non-hydrogen) atoms. The van der Waals surface area contributed by atoms with Crippen molar-refractivity contribution in [2.24, 2.45) is 0 Å². The molecule has 0 heterocycles. The summed E-state index contributed by atoms with van der Waals surface area (Å²) < 4.78 is 5.43. The van der Waals surface area contributed by atoms with E-state index in [0.717, 1.165) is 25.7 Å². The van der Waals surface area contributed by atoms with Crippen LogP contribution in [-0.2, 0) is 9.62 Å². The molecule has 0 aliphatic heterocycles. The van der Waals surface area contributed by atoms with E-state index in [1.165, 1.54) is 0 Å². The lowest BCUT2D eigenvalue weighted by Gasteiger charge is -2.32. The second-order valence-corrected chi connectivity index (χ2v) is 4.59. The molecule has 4 heteroatoms. The molecule has 0 bridgehead atoms. The Morgan fingerprint density at radius 1 is 1.46 bits per heavy atom. The lowest BCUT2D eigenvalue weighted by atomic mass is 10.0. The maximum atomic E-state index is 8.87. The second kappa shape index (κ2) is 6.98. The van der Waals surface area contributed by atoms with Crippen molar-refractivity contribution in [1.82, 2.24) is 0 Å². The number of alkyl halides is 1. The van der Waals surface area contributed by atoms with Gasteiger partial charge in [0.15, 0.2) is 0 Å². The Kier molecular flexibility index (Phi) is 7.30. The van der Waals surface area contributed by atoms with E-state index in [9.17, 15) is 0 Å². The van der Waals surface area contributed by atoms with Gasteiger partial charge in [0.1, 0.15) is 0 Å². The fraction of sp³-hybridized carbons (Fsp3) is 1.00. The van der Waals surface area contributed by atoms with Gasteiger partial charge in [0.05, 0.1) is 3.92 Å². The van der Waals surface area contributed by atoms with E-state index in [1.54, 1.807) is 7.11 Å². The molecule has 0 rings (SSSR count). The molecule has 3 nitrogen and oxygen atoms in total. The highest BCUT2D eigenvalue weighted by Gasteiger charge is 2.37. The number of methoxy groups -OCH3 is 1. The van der Waals surface area contributed by atoms with Gasteiger partial charge in [0.2, 0.25) is 5.79 Å². The normalized spacial score (nSPS) is 18.2. The molecule has 1 N–H and O–H groups in total. The molecule has 0 aliphatic carbocycles. The second-order valence-electron chi connectivity index (χ2n) is 3.09. The van der Waals surface area contributed by atoms with Crippen LogP contribution in [0.2, 0.25) is 0 Å². The van der Waals surface area contributed by atoms with Crippen molar-refractivity contribution < 1.29 is 14.9 Å². The molecule has 0 fully saturated rings. The van der Waals surface area contributed by atoms with Gasteiger partial charge in [0.25, 0.3) is 0 Å². The highest BCUT2D eigenvalue weighted by Crippen LogP contribution is 2.31. The van der Waals surface area contributed by atoms with Crippen LogP contribution in [-0.4, -0.2) is 22.1 Å². The van der Waals surface area contributed by atoms with Gasteiger partial charge in [-0.3, -0.25) is 0 Å². The standard InChI is InChI=1S/C9H19IO3/c1-4-6-7-9(12-3,13-11)8(10)5-2/h8,11H,4-7H2,1-3H3. The largest absolute Gasteiger partial charge is 0.350 e. The molecule has 0 radical (unpaired) electrons. The van der Waals surface area contributed by atoms with Gasteiger partial charge in [-0.25, -0.2) is 10.1 Å². The van der Waals surface area contributed by atoms with Crippen molar-refractivity contribution >= 4 is 22.6 Å². The number of hydrogen-bond acceptors (Lipinski definition) is 3. The zero-order valence-corrected chi connectivity index (χ0v) is 10.7. The lowest BCUT2D eigenvalue weighted by molar-refractivity contribution is -0.399. The van der Waals surface area contributed by atoms with Gasteiger partial charge in [-0.2, -0.15) is 0 Å². The molecule has 0 aliphatic rings. The van der Waals surface area contributed by atoms with Crippen LogP contribution in [0, 0.1) is 0 Å². The summed E-state index contributed by atoms with van der Waals surface area (Å²) >= 11 is 2.25. The third kappa shape index (κ3) is 3.69. The highest BCUT2D eigenvalue weighted by molar-refractivity contribution is 14.1. The zero-order valence-electron chi connectivity index (χ0n) is 8.55. The molecule has 0 saturated heterocycles. The van der Waals surface area contributed by atoms with E-state index in [4.69, 9.17) is 9.99 Å². The Hall–Kier alpha value is 0.610. The number of hydrogen-bond donors (Lipinski definition) is 1. The smallest absolute Gasteiger partial charge is 0.212 e. The maximum absolute atomic E-state index is 8.87. The molecule has 0 saturated carbocycles. The molecule has 2 unspecified atom stereocenters. The Labute approximate surface area is 93.9 Å². The van der Waals surface area contributed by atoms with Crippen LogP contribution in [0.25, 0.3) is 0 Å². The Morgan fingerprint density at radius 3 is 2.38 bits per heavy atom. The molecule has 2 atom stereocenters. The van der Waals surface area contributed by atoms with Gasteiger partial charge in [-0.05, 0) is 12.8 Å². The quantitative estimate of drug-likeness (QED) is 0.258. The first-order valence-electron chi connectivity index (χ1n) is 4.68. The van der Waals surface area contributed by atoms with Crippen molar-refractivity contribution in [3.63, 3.8) is 0 Å². The summed E-state index contributed by atoms with van der Waals surface area (Å²) in [5.74, 6) is -0.814. The first kappa shape index (κ1) is 13.6. The molecule has 0 amide bonds. The van der Waals surface area contributed by atoms with Gasteiger partial charge in [0, 0.05) is 13.5 Å². The monoisotopic (exact) mass is 302 g/mol. The lowest BCUT2D eigenvalue weighted by Crippen LogP contribution is -2.42. The third-order valence-corrected chi connectivity index (χ3v) is 4.04. The minimum atomic E-state index is -0.814. The summed E-state index contributed by atoms with van der Waals surface area (Å²) in [5.41, 5.74) is 0. The van der Waals surface area contributed by atoms with E-state index >= 15 is 0 Å². The minimum absolute atomic E-state index is 0.173. The van der Waals surface area contributed by atoms with E-state index in [2.05, 4.69) is 41.3 Å². The van der Waals surface area contributed by atoms with Gasteiger partial charge >= 0.3 is 0 Å².